The second kappa shape index (κ2) is 8.99. The van der Waals surface area contributed by atoms with Gasteiger partial charge in [-0.1, -0.05) is 54.6 Å². The van der Waals surface area contributed by atoms with Crippen molar-refractivity contribution in [2.24, 2.45) is 0 Å². The normalized spacial score (nSPS) is 17.9. The van der Waals surface area contributed by atoms with Gasteiger partial charge in [0.2, 0.25) is 0 Å². The van der Waals surface area contributed by atoms with Crippen molar-refractivity contribution in [2.45, 2.75) is 57.6 Å². The molecule has 118 valence electrons. The Hall–Kier alpha value is -0.280. The van der Waals surface area contributed by atoms with Crippen molar-refractivity contribution < 1.29 is 4.74 Å². The third-order valence-electron chi connectivity index (χ3n) is 4.13. The van der Waals surface area contributed by atoms with Crippen molar-refractivity contribution >= 4 is 23.2 Å². The smallest absolute Gasteiger partial charge is 0.0639 e. The maximum atomic E-state index is 6.23. The Morgan fingerprint density at radius 1 is 1.24 bits per heavy atom. The molecule has 1 aromatic rings. The molecule has 1 atom stereocenters. The van der Waals surface area contributed by atoms with Crippen LogP contribution in [0.4, 0.5) is 0 Å². The predicted octanol–water partition coefficient (Wildman–Crippen LogP) is 5.38. The number of ether oxygens (including phenoxy) is 1. The first-order chi connectivity index (χ1) is 10.2. The van der Waals surface area contributed by atoms with Gasteiger partial charge < -0.3 is 10.1 Å². The van der Waals surface area contributed by atoms with E-state index in [2.05, 4.69) is 12.2 Å². The molecular weight excluding hydrogens is 305 g/mol. The van der Waals surface area contributed by atoms with E-state index >= 15 is 0 Å². The molecule has 21 heavy (non-hydrogen) atoms. The minimum absolute atomic E-state index is 0.200. The van der Waals surface area contributed by atoms with E-state index in [1.807, 2.05) is 18.2 Å². The van der Waals surface area contributed by atoms with Crippen LogP contribution in [0, 0.1) is 0 Å². The molecule has 0 aromatic heterocycles. The minimum atomic E-state index is 0.200. The van der Waals surface area contributed by atoms with E-state index < -0.39 is 0 Å². The standard InChI is InChI=1S/C17H25Cl2NO/c1-13(15-9-5-10-16(18)17(15)19)20-11-6-12-21-14-7-3-2-4-8-14/h5,9-10,13-14,20H,2-4,6-8,11-12H2,1H3. The van der Waals surface area contributed by atoms with Crippen LogP contribution in [0.2, 0.25) is 10.0 Å². The van der Waals surface area contributed by atoms with Gasteiger partial charge in [0, 0.05) is 12.6 Å². The Bertz CT molecular complexity index is 433. The van der Waals surface area contributed by atoms with Crippen LogP contribution in [0.15, 0.2) is 18.2 Å². The summed E-state index contributed by atoms with van der Waals surface area (Å²) in [5, 5.41) is 4.75. The molecule has 1 fully saturated rings. The molecule has 0 amide bonds. The van der Waals surface area contributed by atoms with Crippen LogP contribution in [0.5, 0.6) is 0 Å². The molecule has 2 rings (SSSR count). The number of hydrogen-bond donors (Lipinski definition) is 1. The zero-order valence-electron chi connectivity index (χ0n) is 12.7. The second-order valence-electron chi connectivity index (χ2n) is 5.80. The maximum Gasteiger partial charge on any atom is 0.0639 e. The first-order valence-electron chi connectivity index (χ1n) is 7.97. The molecule has 0 spiro atoms. The molecule has 0 radical (unpaired) electrons. The van der Waals surface area contributed by atoms with Crippen LogP contribution in [0.25, 0.3) is 0 Å². The quantitative estimate of drug-likeness (QED) is 0.677. The van der Waals surface area contributed by atoms with E-state index in [4.69, 9.17) is 27.9 Å². The molecule has 1 aromatic carbocycles. The summed E-state index contributed by atoms with van der Waals surface area (Å²) < 4.78 is 5.93. The van der Waals surface area contributed by atoms with Gasteiger partial charge in [-0.05, 0) is 44.4 Å². The van der Waals surface area contributed by atoms with Crippen LogP contribution < -0.4 is 5.32 Å². The second-order valence-corrected chi connectivity index (χ2v) is 6.59. The largest absolute Gasteiger partial charge is 0.378 e. The van der Waals surface area contributed by atoms with Gasteiger partial charge in [0.25, 0.3) is 0 Å². The van der Waals surface area contributed by atoms with Crippen LogP contribution in [0.1, 0.15) is 57.1 Å². The van der Waals surface area contributed by atoms with E-state index in [0.29, 0.717) is 16.1 Å². The van der Waals surface area contributed by atoms with Gasteiger partial charge >= 0.3 is 0 Å². The average Bonchev–Trinajstić information content (AvgIpc) is 2.50. The summed E-state index contributed by atoms with van der Waals surface area (Å²) >= 11 is 12.3. The van der Waals surface area contributed by atoms with Crippen molar-refractivity contribution in [2.75, 3.05) is 13.2 Å². The van der Waals surface area contributed by atoms with Gasteiger partial charge in [-0.15, -0.1) is 0 Å². The molecule has 0 bridgehead atoms. The lowest BCUT2D eigenvalue weighted by Gasteiger charge is -2.22. The van der Waals surface area contributed by atoms with Gasteiger partial charge in [0.05, 0.1) is 16.1 Å². The molecule has 1 aliphatic carbocycles. The lowest BCUT2D eigenvalue weighted by molar-refractivity contribution is 0.0271. The molecular formula is C17H25Cl2NO. The molecule has 1 unspecified atom stereocenters. The van der Waals surface area contributed by atoms with Crippen LogP contribution in [-0.2, 0) is 4.74 Å². The van der Waals surface area contributed by atoms with Crippen molar-refractivity contribution in [1.29, 1.82) is 0 Å². The monoisotopic (exact) mass is 329 g/mol. The molecule has 2 nitrogen and oxygen atoms in total. The molecule has 0 heterocycles. The number of rotatable bonds is 7. The van der Waals surface area contributed by atoms with Gasteiger partial charge in [-0.3, -0.25) is 0 Å². The predicted molar refractivity (Wildman–Crippen MR) is 90.3 cm³/mol. The fraction of sp³-hybridized carbons (Fsp3) is 0.647. The van der Waals surface area contributed by atoms with Gasteiger partial charge in [-0.25, -0.2) is 0 Å². The lowest BCUT2D eigenvalue weighted by Crippen LogP contribution is -2.23. The third-order valence-corrected chi connectivity index (χ3v) is 4.96. The van der Waals surface area contributed by atoms with Crippen LogP contribution >= 0.6 is 23.2 Å². The Kier molecular flexibility index (Phi) is 7.31. The Morgan fingerprint density at radius 3 is 2.76 bits per heavy atom. The molecule has 4 heteroatoms. The Balaban J connectivity index is 1.65. The van der Waals surface area contributed by atoms with Crippen LogP contribution in [0.3, 0.4) is 0 Å². The zero-order chi connectivity index (χ0) is 15.1. The third kappa shape index (κ3) is 5.45. The van der Waals surface area contributed by atoms with Gasteiger partial charge in [0.1, 0.15) is 0 Å². The summed E-state index contributed by atoms with van der Waals surface area (Å²) in [6, 6.07) is 5.97. The molecule has 0 aliphatic heterocycles. The number of nitrogens with one attached hydrogen (secondary N) is 1. The fourth-order valence-corrected chi connectivity index (χ4v) is 3.31. The Labute approximate surface area is 138 Å². The molecule has 1 aliphatic rings. The first kappa shape index (κ1) is 17.1. The van der Waals surface area contributed by atoms with E-state index in [9.17, 15) is 0 Å². The van der Waals surface area contributed by atoms with E-state index in [1.54, 1.807) is 0 Å². The summed E-state index contributed by atoms with van der Waals surface area (Å²) in [6.07, 6.45) is 8.03. The van der Waals surface area contributed by atoms with E-state index in [1.165, 1.54) is 32.1 Å². The number of halogens is 2. The Morgan fingerprint density at radius 2 is 2.00 bits per heavy atom. The maximum absolute atomic E-state index is 6.23. The van der Waals surface area contributed by atoms with E-state index in [0.717, 1.165) is 25.1 Å². The summed E-state index contributed by atoms with van der Waals surface area (Å²) in [7, 11) is 0. The molecule has 1 saturated carbocycles. The van der Waals surface area contributed by atoms with Crippen molar-refractivity contribution in [3.05, 3.63) is 33.8 Å². The minimum Gasteiger partial charge on any atom is -0.378 e. The summed E-state index contributed by atoms with van der Waals surface area (Å²) in [6.45, 7) is 3.88. The van der Waals surface area contributed by atoms with Gasteiger partial charge in [0.15, 0.2) is 0 Å². The highest BCUT2D eigenvalue weighted by Crippen LogP contribution is 2.29. The lowest BCUT2D eigenvalue weighted by atomic mass is 9.98. The molecule has 0 saturated heterocycles. The first-order valence-corrected chi connectivity index (χ1v) is 8.73. The van der Waals surface area contributed by atoms with Gasteiger partial charge in [-0.2, -0.15) is 0 Å². The van der Waals surface area contributed by atoms with Crippen molar-refractivity contribution in [3.8, 4) is 0 Å². The zero-order valence-corrected chi connectivity index (χ0v) is 14.2. The highest BCUT2D eigenvalue weighted by molar-refractivity contribution is 6.42. The fourth-order valence-electron chi connectivity index (χ4n) is 2.84. The topological polar surface area (TPSA) is 21.3 Å². The summed E-state index contributed by atoms with van der Waals surface area (Å²) in [5.41, 5.74) is 1.05. The number of benzene rings is 1. The molecule has 1 N–H and O–H groups in total. The van der Waals surface area contributed by atoms with Crippen molar-refractivity contribution in [3.63, 3.8) is 0 Å². The SMILES string of the molecule is CC(NCCCOC1CCCCC1)c1cccc(Cl)c1Cl. The number of hydrogen-bond acceptors (Lipinski definition) is 2. The highest BCUT2D eigenvalue weighted by atomic mass is 35.5. The highest BCUT2D eigenvalue weighted by Gasteiger charge is 2.14. The van der Waals surface area contributed by atoms with Crippen LogP contribution in [-0.4, -0.2) is 19.3 Å². The average molecular weight is 330 g/mol. The van der Waals surface area contributed by atoms with Crippen molar-refractivity contribution in [1.82, 2.24) is 5.32 Å². The summed E-state index contributed by atoms with van der Waals surface area (Å²) in [4.78, 5) is 0. The van der Waals surface area contributed by atoms with E-state index in [-0.39, 0.29) is 6.04 Å². The summed E-state index contributed by atoms with van der Waals surface area (Å²) in [5.74, 6) is 0.